The average molecular weight is 325 g/mol. The number of hydrogen-bond donors (Lipinski definition) is 1. The van der Waals surface area contributed by atoms with Crippen LogP contribution in [0.15, 0.2) is 48.5 Å². The Bertz CT molecular complexity index is 686. The molecule has 0 fully saturated rings. The minimum absolute atomic E-state index is 0.00243. The summed E-state index contributed by atoms with van der Waals surface area (Å²) in [6.07, 6.45) is -4.83. The number of rotatable bonds is 5. The summed E-state index contributed by atoms with van der Waals surface area (Å²) in [6.45, 7) is 0. The number of hydrogen-bond acceptors (Lipinski definition) is 3. The number of benzene rings is 2. The minimum Gasteiger partial charge on any atom is -0.497 e. The molecule has 2 aromatic carbocycles. The second-order valence-corrected chi connectivity index (χ2v) is 4.62. The molecule has 122 valence electrons. The van der Waals surface area contributed by atoms with Gasteiger partial charge in [-0.05, 0) is 29.8 Å². The van der Waals surface area contributed by atoms with Crippen molar-refractivity contribution in [3.05, 3.63) is 54.1 Å². The quantitative estimate of drug-likeness (QED) is 0.910. The van der Waals surface area contributed by atoms with E-state index in [4.69, 9.17) is 4.74 Å². The summed E-state index contributed by atoms with van der Waals surface area (Å²) in [5, 5.41) is 2.41. The highest BCUT2D eigenvalue weighted by Crippen LogP contribution is 2.30. The number of carbonyl (C=O) groups is 1. The molecule has 0 spiro atoms. The van der Waals surface area contributed by atoms with Crippen molar-refractivity contribution in [1.29, 1.82) is 0 Å². The van der Waals surface area contributed by atoms with Crippen molar-refractivity contribution in [1.82, 2.24) is 0 Å². The van der Waals surface area contributed by atoms with Crippen LogP contribution in [0, 0.1) is 0 Å². The maximum Gasteiger partial charge on any atom is 0.573 e. The van der Waals surface area contributed by atoms with Crippen LogP contribution < -0.4 is 14.8 Å². The third-order valence-corrected chi connectivity index (χ3v) is 2.89. The van der Waals surface area contributed by atoms with Gasteiger partial charge in [0.15, 0.2) is 5.75 Å². The van der Waals surface area contributed by atoms with Crippen molar-refractivity contribution in [2.24, 2.45) is 0 Å². The first kappa shape index (κ1) is 16.7. The van der Waals surface area contributed by atoms with Gasteiger partial charge in [-0.3, -0.25) is 4.79 Å². The zero-order chi connectivity index (χ0) is 16.9. The van der Waals surface area contributed by atoms with Gasteiger partial charge in [0.2, 0.25) is 5.91 Å². The fraction of sp³-hybridized carbons (Fsp3) is 0.188. The standard InChI is InChI=1S/C16H14F3NO3/c1-22-12-6-4-5-11(9-12)10-15(21)20-13-7-2-3-8-14(13)23-16(17,18)19/h2-9H,10H2,1H3,(H,20,21). The zero-order valence-corrected chi connectivity index (χ0v) is 12.2. The molecule has 0 aromatic heterocycles. The van der Waals surface area contributed by atoms with Crippen molar-refractivity contribution in [3.63, 3.8) is 0 Å². The molecule has 0 aliphatic heterocycles. The van der Waals surface area contributed by atoms with Crippen LogP contribution in [-0.2, 0) is 11.2 Å². The molecular weight excluding hydrogens is 311 g/mol. The van der Waals surface area contributed by atoms with Crippen LogP contribution in [0.5, 0.6) is 11.5 Å². The molecule has 1 N–H and O–H groups in total. The highest BCUT2D eigenvalue weighted by atomic mass is 19.4. The molecule has 0 atom stereocenters. The van der Waals surface area contributed by atoms with Crippen LogP contribution in [0.4, 0.5) is 18.9 Å². The zero-order valence-electron chi connectivity index (χ0n) is 12.2. The predicted octanol–water partition coefficient (Wildman–Crippen LogP) is 3.78. The third kappa shape index (κ3) is 5.21. The Morgan fingerprint density at radius 3 is 2.57 bits per heavy atom. The second-order valence-electron chi connectivity index (χ2n) is 4.62. The summed E-state index contributed by atoms with van der Waals surface area (Å²) in [7, 11) is 1.50. The highest BCUT2D eigenvalue weighted by molar-refractivity contribution is 5.93. The maximum absolute atomic E-state index is 12.3. The molecule has 0 radical (unpaired) electrons. The van der Waals surface area contributed by atoms with E-state index in [2.05, 4.69) is 10.1 Å². The first-order valence-electron chi connectivity index (χ1n) is 6.65. The number of para-hydroxylation sites is 2. The van der Waals surface area contributed by atoms with Crippen molar-refractivity contribution in [2.75, 3.05) is 12.4 Å². The van der Waals surface area contributed by atoms with E-state index in [-0.39, 0.29) is 12.1 Å². The molecule has 7 heteroatoms. The molecule has 0 aliphatic carbocycles. The van der Waals surface area contributed by atoms with Crippen LogP contribution in [0.1, 0.15) is 5.56 Å². The van der Waals surface area contributed by atoms with Crippen LogP contribution in [0.25, 0.3) is 0 Å². The van der Waals surface area contributed by atoms with E-state index in [1.807, 2.05) is 0 Å². The Morgan fingerprint density at radius 2 is 1.87 bits per heavy atom. The van der Waals surface area contributed by atoms with E-state index in [0.29, 0.717) is 11.3 Å². The highest BCUT2D eigenvalue weighted by Gasteiger charge is 2.32. The lowest BCUT2D eigenvalue weighted by Gasteiger charge is -2.14. The SMILES string of the molecule is COc1cccc(CC(=O)Nc2ccccc2OC(F)(F)F)c1. The molecule has 1 amide bonds. The lowest BCUT2D eigenvalue weighted by Crippen LogP contribution is -2.20. The predicted molar refractivity (Wildman–Crippen MR) is 78.5 cm³/mol. The number of methoxy groups -OCH3 is 1. The second kappa shape index (κ2) is 7.04. The molecule has 0 bridgehead atoms. The van der Waals surface area contributed by atoms with Gasteiger partial charge in [0.05, 0.1) is 19.2 Å². The Kier molecular flexibility index (Phi) is 5.10. The van der Waals surface area contributed by atoms with E-state index in [1.165, 1.54) is 25.3 Å². The van der Waals surface area contributed by atoms with Gasteiger partial charge in [-0.15, -0.1) is 13.2 Å². The number of nitrogens with one attached hydrogen (secondary N) is 1. The molecule has 2 aromatic rings. The van der Waals surface area contributed by atoms with Crippen molar-refractivity contribution in [3.8, 4) is 11.5 Å². The molecule has 4 nitrogen and oxygen atoms in total. The summed E-state index contributed by atoms with van der Waals surface area (Å²) in [5.74, 6) is -0.327. The lowest BCUT2D eigenvalue weighted by molar-refractivity contribution is -0.274. The first-order valence-corrected chi connectivity index (χ1v) is 6.65. The van der Waals surface area contributed by atoms with Crippen molar-refractivity contribution < 1.29 is 27.4 Å². The van der Waals surface area contributed by atoms with Crippen LogP contribution >= 0.6 is 0 Å². The van der Waals surface area contributed by atoms with E-state index in [0.717, 1.165) is 6.07 Å². The van der Waals surface area contributed by atoms with Crippen LogP contribution in [0.2, 0.25) is 0 Å². The first-order chi connectivity index (χ1) is 10.9. The minimum atomic E-state index is -4.83. The molecule has 0 heterocycles. The van der Waals surface area contributed by atoms with Gasteiger partial charge >= 0.3 is 6.36 Å². The largest absolute Gasteiger partial charge is 0.573 e. The van der Waals surface area contributed by atoms with Gasteiger partial charge in [-0.1, -0.05) is 24.3 Å². The normalized spacial score (nSPS) is 11.0. The summed E-state index contributed by atoms with van der Waals surface area (Å²) in [4.78, 5) is 12.0. The topological polar surface area (TPSA) is 47.6 Å². The summed E-state index contributed by atoms with van der Waals surface area (Å²) in [6, 6.07) is 12.2. The van der Waals surface area contributed by atoms with Crippen molar-refractivity contribution >= 4 is 11.6 Å². The fourth-order valence-corrected chi connectivity index (χ4v) is 1.95. The summed E-state index contributed by atoms with van der Waals surface area (Å²) < 4.78 is 46.0. The van der Waals surface area contributed by atoms with Gasteiger partial charge in [-0.25, -0.2) is 0 Å². The van der Waals surface area contributed by atoms with Crippen LogP contribution in [-0.4, -0.2) is 19.4 Å². The van der Waals surface area contributed by atoms with Gasteiger partial charge in [0, 0.05) is 0 Å². The van der Waals surface area contributed by atoms with Gasteiger partial charge < -0.3 is 14.8 Å². The smallest absolute Gasteiger partial charge is 0.497 e. The number of ether oxygens (including phenoxy) is 2. The summed E-state index contributed by atoms with van der Waals surface area (Å²) in [5.41, 5.74) is 0.633. The van der Waals surface area contributed by atoms with Gasteiger partial charge in [-0.2, -0.15) is 0 Å². The lowest BCUT2D eigenvalue weighted by atomic mass is 10.1. The summed E-state index contributed by atoms with van der Waals surface area (Å²) >= 11 is 0. The Labute approximate surface area is 130 Å². The molecule has 23 heavy (non-hydrogen) atoms. The van der Waals surface area contributed by atoms with Gasteiger partial charge in [0.1, 0.15) is 5.75 Å². The monoisotopic (exact) mass is 325 g/mol. The van der Waals surface area contributed by atoms with E-state index < -0.39 is 18.0 Å². The molecule has 0 saturated carbocycles. The number of amides is 1. The maximum atomic E-state index is 12.3. The Balaban J connectivity index is 2.08. The van der Waals surface area contributed by atoms with Crippen molar-refractivity contribution in [2.45, 2.75) is 12.8 Å². The number of alkyl halides is 3. The van der Waals surface area contributed by atoms with E-state index >= 15 is 0 Å². The molecule has 0 saturated heterocycles. The molecule has 2 rings (SSSR count). The Hall–Kier alpha value is -2.70. The molecule has 0 unspecified atom stereocenters. The number of halogens is 3. The average Bonchev–Trinajstić information content (AvgIpc) is 2.48. The molecule has 0 aliphatic rings. The number of carbonyl (C=O) groups excluding carboxylic acids is 1. The fourth-order valence-electron chi connectivity index (χ4n) is 1.95. The van der Waals surface area contributed by atoms with E-state index in [9.17, 15) is 18.0 Å². The number of anilines is 1. The third-order valence-electron chi connectivity index (χ3n) is 2.89. The van der Waals surface area contributed by atoms with Gasteiger partial charge in [0.25, 0.3) is 0 Å². The molecular formula is C16H14F3NO3. The van der Waals surface area contributed by atoms with Crippen LogP contribution in [0.3, 0.4) is 0 Å². The Morgan fingerprint density at radius 1 is 1.13 bits per heavy atom. The van der Waals surface area contributed by atoms with E-state index in [1.54, 1.807) is 24.3 Å².